The van der Waals surface area contributed by atoms with E-state index in [0.717, 1.165) is 6.92 Å². The molecule has 4 nitrogen and oxygen atoms in total. The number of carboxylic acid groups (broad SMARTS) is 1. The Morgan fingerprint density at radius 3 is 2.36 bits per heavy atom. The van der Waals surface area contributed by atoms with Crippen LogP contribution in [0.5, 0.6) is 0 Å². The fraction of sp³-hybridized carbons (Fsp3) is 0.286. The van der Waals surface area contributed by atoms with Crippen LogP contribution in [0.1, 0.15) is 13.8 Å². The zero-order valence-electron chi connectivity index (χ0n) is 6.25. The van der Waals surface area contributed by atoms with E-state index in [2.05, 4.69) is 10.5 Å². The predicted octanol–water partition coefficient (Wildman–Crippen LogP) is 0.693. The maximum absolute atomic E-state index is 10.3. The van der Waals surface area contributed by atoms with E-state index in [9.17, 15) is 9.59 Å². The Labute approximate surface area is 63.8 Å². The fourth-order valence-corrected chi connectivity index (χ4v) is 0.410. The number of hydrogen-bond acceptors (Lipinski definition) is 3. The van der Waals surface area contributed by atoms with Gasteiger partial charge in [-0.3, -0.25) is 4.79 Å². The monoisotopic (exact) mass is 156 g/mol. The topological polar surface area (TPSA) is 63.6 Å². The minimum atomic E-state index is -1.31. The van der Waals surface area contributed by atoms with Crippen molar-refractivity contribution in [3.05, 3.63) is 17.6 Å². The number of hydrogen-bond donors (Lipinski definition) is 1. The van der Waals surface area contributed by atoms with Gasteiger partial charge in [-0.25, -0.2) is 4.79 Å². The number of carbonyl (C=O) groups is 2. The average molecular weight is 156 g/mol. The van der Waals surface area contributed by atoms with Crippen LogP contribution in [0, 0.1) is 0 Å². The lowest BCUT2D eigenvalue weighted by Crippen LogP contribution is -2.07. The SMILES string of the molecule is CC=C=C(OC(C)=O)C(=O)O. The number of carbonyl (C=O) groups excluding carboxylic acids is 1. The summed E-state index contributed by atoms with van der Waals surface area (Å²) in [5.74, 6) is -2.46. The van der Waals surface area contributed by atoms with Gasteiger partial charge in [-0.05, 0) is 13.0 Å². The lowest BCUT2D eigenvalue weighted by atomic mass is 10.5. The molecule has 1 N–H and O–H groups in total. The average Bonchev–Trinajstić information content (AvgIpc) is 1.86. The van der Waals surface area contributed by atoms with Crippen LogP contribution in [-0.4, -0.2) is 17.0 Å². The first-order valence-electron chi connectivity index (χ1n) is 2.91. The van der Waals surface area contributed by atoms with Crippen LogP contribution in [0.4, 0.5) is 0 Å². The van der Waals surface area contributed by atoms with Gasteiger partial charge in [-0.15, -0.1) is 0 Å². The molecule has 0 unspecified atom stereocenters. The van der Waals surface area contributed by atoms with E-state index >= 15 is 0 Å². The van der Waals surface area contributed by atoms with Gasteiger partial charge in [0.2, 0.25) is 0 Å². The highest BCUT2D eigenvalue weighted by Gasteiger charge is 2.09. The number of ether oxygens (including phenoxy) is 1. The largest absolute Gasteiger partial charge is 0.475 e. The van der Waals surface area contributed by atoms with Gasteiger partial charge in [0.1, 0.15) is 0 Å². The maximum Gasteiger partial charge on any atom is 0.380 e. The second kappa shape index (κ2) is 4.30. The molecule has 0 spiro atoms. The first-order valence-corrected chi connectivity index (χ1v) is 2.91. The molecule has 0 rings (SSSR count). The third-order valence-electron chi connectivity index (χ3n) is 0.715. The van der Waals surface area contributed by atoms with Crippen LogP contribution in [0.25, 0.3) is 0 Å². The van der Waals surface area contributed by atoms with Crippen molar-refractivity contribution < 1.29 is 19.4 Å². The highest BCUT2D eigenvalue weighted by atomic mass is 16.6. The Morgan fingerprint density at radius 2 is 2.09 bits per heavy atom. The summed E-state index contributed by atoms with van der Waals surface area (Å²) >= 11 is 0. The quantitative estimate of drug-likeness (QED) is 0.276. The number of aliphatic carboxylic acids is 1. The molecule has 0 aliphatic carbocycles. The van der Waals surface area contributed by atoms with Crippen molar-refractivity contribution in [3.63, 3.8) is 0 Å². The van der Waals surface area contributed by atoms with Crippen LogP contribution in [-0.2, 0) is 14.3 Å². The molecule has 0 aromatic carbocycles. The van der Waals surface area contributed by atoms with Crippen LogP contribution in [0.2, 0.25) is 0 Å². The zero-order valence-corrected chi connectivity index (χ0v) is 6.25. The van der Waals surface area contributed by atoms with Gasteiger partial charge >= 0.3 is 11.9 Å². The Bertz CT molecular complexity index is 233. The van der Waals surface area contributed by atoms with E-state index in [0.29, 0.717) is 0 Å². The molecule has 0 amide bonds. The minimum absolute atomic E-state index is 0.486. The van der Waals surface area contributed by atoms with Crippen molar-refractivity contribution in [2.75, 3.05) is 0 Å². The van der Waals surface area contributed by atoms with Gasteiger partial charge in [-0.1, -0.05) is 5.73 Å². The Morgan fingerprint density at radius 1 is 1.55 bits per heavy atom. The summed E-state index contributed by atoms with van der Waals surface area (Å²) in [5, 5.41) is 8.36. The van der Waals surface area contributed by atoms with Crippen molar-refractivity contribution in [1.29, 1.82) is 0 Å². The van der Waals surface area contributed by atoms with Crippen molar-refractivity contribution in [3.8, 4) is 0 Å². The molecule has 0 aliphatic heterocycles. The summed E-state index contributed by atoms with van der Waals surface area (Å²) < 4.78 is 4.29. The molecule has 4 heteroatoms. The van der Waals surface area contributed by atoms with Crippen LogP contribution < -0.4 is 0 Å². The van der Waals surface area contributed by atoms with Crippen LogP contribution in [0.15, 0.2) is 17.6 Å². The maximum atomic E-state index is 10.3. The molecule has 11 heavy (non-hydrogen) atoms. The highest BCUT2D eigenvalue weighted by Crippen LogP contribution is 1.94. The van der Waals surface area contributed by atoms with Gasteiger partial charge in [0.05, 0.1) is 0 Å². The molecule has 60 valence electrons. The van der Waals surface area contributed by atoms with Crippen molar-refractivity contribution in [2.24, 2.45) is 0 Å². The van der Waals surface area contributed by atoms with Gasteiger partial charge in [0, 0.05) is 6.92 Å². The van der Waals surface area contributed by atoms with E-state index in [1.807, 2.05) is 0 Å². The third kappa shape index (κ3) is 3.95. The number of carboxylic acids is 1. The molecule has 0 aliphatic rings. The summed E-state index contributed by atoms with van der Waals surface area (Å²) in [4.78, 5) is 20.5. The van der Waals surface area contributed by atoms with Gasteiger partial charge in [0.25, 0.3) is 5.76 Å². The standard InChI is InChI=1S/C7H8O4/c1-3-4-6(7(9)10)11-5(2)8/h3H,1-2H3,(H,9,10). The Kier molecular flexibility index (Phi) is 3.70. The molecule has 0 heterocycles. The normalized spacial score (nSPS) is 7.82. The summed E-state index contributed by atoms with van der Waals surface area (Å²) in [6, 6.07) is 0. The van der Waals surface area contributed by atoms with Gasteiger partial charge in [0.15, 0.2) is 0 Å². The Hall–Kier alpha value is -1.54. The molecular weight excluding hydrogens is 148 g/mol. The lowest BCUT2D eigenvalue weighted by Gasteiger charge is -1.96. The molecule has 0 aromatic rings. The smallest absolute Gasteiger partial charge is 0.380 e. The fourth-order valence-electron chi connectivity index (χ4n) is 0.410. The van der Waals surface area contributed by atoms with Crippen LogP contribution in [0.3, 0.4) is 0 Å². The molecule has 0 radical (unpaired) electrons. The second-order valence-electron chi connectivity index (χ2n) is 1.66. The first kappa shape index (κ1) is 9.46. The van der Waals surface area contributed by atoms with Gasteiger partial charge < -0.3 is 9.84 Å². The molecule has 0 saturated heterocycles. The summed E-state index contributed by atoms with van der Waals surface area (Å²) in [5.41, 5.74) is 2.26. The van der Waals surface area contributed by atoms with E-state index in [-0.39, 0.29) is 0 Å². The molecule has 0 bridgehead atoms. The van der Waals surface area contributed by atoms with Crippen LogP contribution >= 0.6 is 0 Å². The lowest BCUT2D eigenvalue weighted by molar-refractivity contribution is -0.146. The van der Waals surface area contributed by atoms with Crippen molar-refractivity contribution in [1.82, 2.24) is 0 Å². The van der Waals surface area contributed by atoms with Crippen molar-refractivity contribution >= 4 is 11.9 Å². The Balaban J connectivity index is 4.51. The summed E-state index contributed by atoms with van der Waals surface area (Å²) in [7, 11) is 0. The minimum Gasteiger partial charge on any atom is -0.475 e. The number of esters is 1. The summed E-state index contributed by atoms with van der Waals surface area (Å²) in [6.07, 6.45) is 1.35. The zero-order chi connectivity index (χ0) is 8.85. The molecule has 0 atom stereocenters. The van der Waals surface area contributed by atoms with E-state index < -0.39 is 17.7 Å². The molecule has 0 aromatic heterocycles. The van der Waals surface area contributed by atoms with E-state index in [1.165, 1.54) is 6.08 Å². The molecular formula is C7H8O4. The highest BCUT2D eigenvalue weighted by molar-refractivity contribution is 5.87. The van der Waals surface area contributed by atoms with E-state index in [4.69, 9.17) is 5.11 Å². The predicted molar refractivity (Wildman–Crippen MR) is 36.7 cm³/mol. The third-order valence-corrected chi connectivity index (χ3v) is 0.715. The van der Waals surface area contributed by atoms with E-state index in [1.54, 1.807) is 6.92 Å². The van der Waals surface area contributed by atoms with Gasteiger partial charge in [-0.2, -0.15) is 0 Å². The first-order chi connectivity index (χ1) is 5.07. The van der Waals surface area contributed by atoms with Crippen molar-refractivity contribution in [2.45, 2.75) is 13.8 Å². The second-order valence-corrected chi connectivity index (χ2v) is 1.66. The summed E-state index contributed by atoms with van der Waals surface area (Å²) in [6.45, 7) is 2.70. The molecule has 0 saturated carbocycles. The number of rotatable bonds is 2. The molecule has 0 fully saturated rings.